The summed E-state index contributed by atoms with van der Waals surface area (Å²) in [6.07, 6.45) is 0. The Bertz CT molecular complexity index is 189. The molecule has 0 saturated heterocycles. The molecule has 1 aromatic rings. The minimum atomic E-state index is 0. The van der Waals surface area contributed by atoms with E-state index in [2.05, 4.69) is 32.2 Å². The topological polar surface area (TPSA) is 60.4 Å². The molecule has 0 atom stereocenters. The number of hydrogen-bond donors (Lipinski definition) is 0. The summed E-state index contributed by atoms with van der Waals surface area (Å²) >= 11 is 0. The van der Waals surface area contributed by atoms with Crippen molar-refractivity contribution in [2.24, 2.45) is 0 Å². The summed E-state index contributed by atoms with van der Waals surface area (Å²) in [6, 6.07) is 9.45. The van der Waals surface area contributed by atoms with Crippen LogP contribution in [0.25, 0.3) is 0 Å². The van der Waals surface area contributed by atoms with Gasteiger partial charge in [0.2, 0.25) is 0 Å². The number of carbonyl (C=O) groups excluding carboxylic acids is 3. The van der Waals surface area contributed by atoms with Crippen LogP contribution in [0, 0.1) is 7.11 Å². The van der Waals surface area contributed by atoms with E-state index in [-0.39, 0.29) is 17.4 Å². The van der Waals surface area contributed by atoms with E-state index in [1.54, 1.807) is 0 Å². The summed E-state index contributed by atoms with van der Waals surface area (Å²) < 4.78 is 4.66. The molecule has 0 unspecified atom stereocenters. The summed E-state index contributed by atoms with van der Waals surface area (Å²) in [6.45, 7) is 9.75. The molecular formula is C10H10CrO4. The Morgan fingerprint density at radius 1 is 0.867 bits per heavy atom. The van der Waals surface area contributed by atoms with E-state index < -0.39 is 0 Å². The molecule has 0 aromatic heterocycles. The molecule has 0 saturated carbocycles. The van der Waals surface area contributed by atoms with Crippen molar-refractivity contribution in [2.45, 2.75) is 0 Å². The second-order valence-electron chi connectivity index (χ2n) is 1.46. The van der Waals surface area contributed by atoms with Gasteiger partial charge in [-0.15, -0.1) is 0 Å². The Kier molecular flexibility index (Phi) is 45.8. The Morgan fingerprint density at radius 2 is 1.20 bits per heavy atom. The van der Waals surface area contributed by atoms with Gasteiger partial charge in [-0.1, -0.05) is 18.2 Å². The maximum atomic E-state index is 7.75. The van der Waals surface area contributed by atoms with Gasteiger partial charge < -0.3 is 19.1 Å². The van der Waals surface area contributed by atoms with Gasteiger partial charge in [0.1, 0.15) is 0 Å². The first-order valence-electron chi connectivity index (χ1n) is 3.11. The SMILES string of the molecule is [CH-]=O.[CH-]=O.[CH-]=O.[CH2-]Oc1ccccc1.[Cr+4]. The van der Waals surface area contributed by atoms with E-state index >= 15 is 0 Å². The van der Waals surface area contributed by atoms with Crippen LogP contribution in [0.15, 0.2) is 30.3 Å². The van der Waals surface area contributed by atoms with Crippen LogP contribution in [0.5, 0.6) is 5.75 Å². The van der Waals surface area contributed by atoms with Crippen molar-refractivity contribution >= 4 is 20.4 Å². The molecule has 0 aliphatic heterocycles. The quantitative estimate of drug-likeness (QED) is 0.548. The standard InChI is InChI=1S/C7H7O.3CHO.Cr/c1-8-7-5-3-2-4-6-7;3*1-2;/h2-6H,1H2;3*1H;/q4*-1;+4. The summed E-state index contributed by atoms with van der Waals surface area (Å²) in [5, 5.41) is 0. The predicted molar refractivity (Wildman–Crippen MR) is 52.7 cm³/mol. The van der Waals surface area contributed by atoms with Crippen molar-refractivity contribution < 1.29 is 36.5 Å². The van der Waals surface area contributed by atoms with E-state index in [9.17, 15) is 0 Å². The smallest absolute Gasteiger partial charge is 0.665 e. The molecule has 0 heterocycles. The minimum absolute atomic E-state index is 0. The van der Waals surface area contributed by atoms with Gasteiger partial charge in [-0.2, -0.15) is 7.11 Å². The summed E-state index contributed by atoms with van der Waals surface area (Å²) in [5.74, 6) is 0.799. The fraction of sp³-hybridized carbons (Fsp3) is 0. The Hall–Kier alpha value is -1.44. The van der Waals surface area contributed by atoms with Crippen molar-refractivity contribution in [3.8, 4) is 5.75 Å². The van der Waals surface area contributed by atoms with E-state index in [4.69, 9.17) is 14.4 Å². The number of hydrogen-bond acceptors (Lipinski definition) is 4. The first-order valence-corrected chi connectivity index (χ1v) is 3.11. The third-order valence-corrected chi connectivity index (χ3v) is 0.910. The van der Waals surface area contributed by atoms with E-state index in [1.807, 2.05) is 30.3 Å². The summed E-state index contributed by atoms with van der Waals surface area (Å²) in [4.78, 5) is 23.2. The van der Waals surface area contributed by atoms with E-state index in [0.717, 1.165) is 5.75 Å². The fourth-order valence-electron chi connectivity index (χ4n) is 0.517. The summed E-state index contributed by atoms with van der Waals surface area (Å²) in [5.41, 5.74) is 0. The van der Waals surface area contributed by atoms with Crippen LogP contribution < -0.4 is 4.74 Å². The fourth-order valence-corrected chi connectivity index (χ4v) is 0.517. The van der Waals surface area contributed by atoms with Crippen LogP contribution in [0.2, 0.25) is 0 Å². The maximum Gasteiger partial charge on any atom is 4.00 e. The number of para-hydroxylation sites is 1. The van der Waals surface area contributed by atoms with Crippen molar-refractivity contribution in [1.82, 2.24) is 0 Å². The second-order valence-corrected chi connectivity index (χ2v) is 1.46. The number of ether oxygens (including phenoxy) is 1. The van der Waals surface area contributed by atoms with Crippen molar-refractivity contribution in [1.29, 1.82) is 0 Å². The Morgan fingerprint density at radius 3 is 1.40 bits per heavy atom. The van der Waals surface area contributed by atoms with Gasteiger partial charge >= 0.3 is 17.4 Å². The average molecular weight is 246 g/mol. The van der Waals surface area contributed by atoms with E-state index in [0.29, 0.717) is 0 Å². The van der Waals surface area contributed by atoms with Gasteiger partial charge in [0, 0.05) is 0 Å². The number of rotatable bonds is 1. The van der Waals surface area contributed by atoms with Gasteiger partial charge in [0.15, 0.2) is 0 Å². The van der Waals surface area contributed by atoms with Crippen molar-refractivity contribution in [3.63, 3.8) is 0 Å². The molecule has 0 bridgehead atoms. The molecule has 4 nitrogen and oxygen atoms in total. The van der Waals surface area contributed by atoms with Crippen LogP contribution in [-0.4, -0.2) is 20.4 Å². The van der Waals surface area contributed by atoms with Crippen LogP contribution in [0.3, 0.4) is 0 Å². The van der Waals surface area contributed by atoms with Gasteiger partial charge in [0.25, 0.3) is 0 Å². The van der Waals surface area contributed by atoms with Crippen molar-refractivity contribution in [2.75, 3.05) is 0 Å². The van der Waals surface area contributed by atoms with Gasteiger partial charge in [0.05, 0.1) is 5.75 Å². The zero-order valence-corrected chi connectivity index (χ0v) is 9.14. The Balaban J connectivity index is -0.0000000755. The molecule has 0 fully saturated rings. The van der Waals surface area contributed by atoms with E-state index in [1.165, 1.54) is 0 Å². The molecule has 0 N–H and O–H groups in total. The van der Waals surface area contributed by atoms with Crippen LogP contribution in [-0.2, 0) is 31.7 Å². The van der Waals surface area contributed by atoms with Gasteiger partial charge in [-0.25, -0.2) is 0 Å². The largest absolute Gasteiger partial charge is 4.00 e. The van der Waals surface area contributed by atoms with Gasteiger partial charge in [-0.05, 0) is 12.1 Å². The summed E-state index contributed by atoms with van der Waals surface area (Å²) in [7, 11) is 3.26. The Labute approximate surface area is 100 Å². The zero-order valence-electron chi connectivity index (χ0n) is 7.87. The average Bonchev–Trinajstić information content (AvgIpc) is 2.37. The molecule has 0 spiro atoms. The first-order chi connectivity index (χ1) is 6.93. The molecule has 0 aliphatic rings. The molecule has 1 rings (SSSR count). The zero-order chi connectivity index (χ0) is 11.8. The van der Waals surface area contributed by atoms with Gasteiger partial charge in [-0.3, -0.25) is 20.4 Å². The van der Waals surface area contributed by atoms with Crippen molar-refractivity contribution in [3.05, 3.63) is 37.4 Å². The molecule has 1 aromatic carbocycles. The minimum Gasteiger partial charge on any atom is -0.665 e. The number of benzene rings is 1. The molecule has 80 valence electrons. The molecule has 15 heavy (non-hydrogen) atoms. The molecule has 0 amide bonds. The third kappa shape index (κ3) is 19.1. The maximum absolute atomic E-state index is 7.75. The normalized spacial score (nSPS) is 5.40. The second kappa shape index (κ2) is 29.4. The van der Waals surface area contributed by atoms with Crippen LogP contribution in [0.1, 0.15) is 0 Å². The first kappa shape index (κ1) is 23.4. The monoisotopic (exact) mass is 246 g/mol. The molecular weight excluding hydrogens is 236 g/mol. The molecule has 5 heteroatoms. The molecule has 0 radical (unpaired) electrons. The predicted octanol–water partition coefficient (Wildman–Crippen LogP) is 1.03. The third-order valence-electron chi connectivity index (χ3n) is 0.910. The van der Waals surface area contributed by atoms with Crippen LogP contribution in [0.4, 0.5) is 0 Å². The molecule has 0 aliphatic carbocycles. The van der Waals surface area contributed by atoms with Crippen LogP contribution >= 0.6 is 0 Å².